The molecule has 0 aliphatic heterocycles. The lowest BCUT2D eigenvalue weighted by Gasteiger charge is -2.25. The standard InChI is InChI=1S/C14H21N3O3/c1-3-8-17-10(2)11(9-15-17)12(18)16-14(13(19)20)6-4-5-7-14/h9H,3-8H2,1-2H3,(H,16,18)(H,19,20). The van der Waals surface area contributed by atoms with Gasteiger partial charge in [0.1, 0.15) is 5.54 Å². The highest BCUT2D eigenvalue weighted by molar-refractivity contribution is 5.98. The Bertz CT molecular complexity index is 516. The maximum atomic E-state index is 12.3. The Morgan fingerprint density at radius 1 is 1.45 bits per heavy atom. The maximum absolute atomic E-state index is 12.3. The number of nitrogens with zero attached hydrogens (tertiary/aromatic N) is 2. The molecule has 1 amide bonds. The van der Waals surface area contributed by atoms with Crippen molar-refractivity contribution >= 4 is 11.9 Å². The largest absolute Gasteiger partial charge is 0.480 e. The van der Waals surface area contributed by atoms with Crippen LogP contribution in [0.3, 0.4) is 0 Å². The van der Waals surface area contributed by atoms with E-state index in [1.165, 1.54) is 6.20 Å². The number of hydrogen-bond donors (Lipinski definition) is 2. The normalized spacial score (nSPS) is 17.1. The molecule has 1 heterocycles. The highest BCUT2D eigenvalue weighted by Gasteiger charge is 2.43. The quantitative estimate of drug-likeness (QED) is 0.859. The number of amides is 1. The molecule has 1 saturated carbocycles. The summed E-state index contributed by atoms with van der Waals surface area (Å²) in [5, 5.41) is 16.3. The van der Waals surface area contributed by atoms with Crippen LogP contribution in [0, 0.1) is 6.92 Å². The van der Waals surface area contributed by atoms with E-state index in [1.807, 2.05) is 13.8 Å². The Morgan fingerprint density at radius 2 is 2.10 bits per heavy atom. The minimum Gasteiger partial charge on any atom is -0.480 e. The van der Waals surface area contributed by atoms with Gasteiger partial charge in [-0.15, -0.1) is 0 Å². The van der Waals surface area contributed by atoms with Gasteiger partial charge in [0.05, 0.1) is 11.8 Å². The number of aromatic nitrogens is 2. The molecule has 0 bridgehead atoms. The third-order valence-electron chi connectivity index (χ3n) is 4.00. The molecule has 0 aromatic carbocycles. The number of carbonyl (C=O) groups excluding carboxylic acids is 1. The molecule has 1 fully saturated rings. The number of rotatable bonds is 5. The molecule has 0 unspecified atom stereocenters. The van der Waals surface area contributed by atoms with E-state index < -0.39 is 11.5 Å². The van der Waals surface area contributed by atoms with Crippen LogP contribution in [0.5, 0.6) is 0 Å². The number of aliphatic carboxylic acids is 1. The van der Waals surface area contributed by atoms with E-state index in [-0.39, 0.29) is 5.91 Å². The summed E-state index contributed by atoms with van der Waals surface area (Å²) < 4.78 is 1.77. The number of carboxylic acid groups (broad SMARTS) is 1. The average molecular weight is 279 g/mol. The van der Waals surface area contributed by atoms with Crippen LogP contribution in [-0.4, -0.2) is 32.3 Å². The lowest BCUT2D eigenvalue weighted by atomic mass is 9.97. The molecule has 1 aliphatic rings. The molecule has 0 atom stereocenters. The molecule has 0 spiro atoms. The van der Waals surface area contributed by atoms with Crippen LogP contribution in [-0.2, 0) is 11.3 Å². The topological polar surface area (TPSA) is 84.2 Å². The van der Waals surface area contributed by atoms with E-state index in [1.54, 1.807) is 4.68 Å². The van der Waals surface area contributed by atoms with Crippen molar-refractivity contribution in [3.63, 3.8) is 0 Å². The zero-order valence-electron chi connectivity index (χ0n) is 12.0. The van der Waals surface area contributed by atoms with Crippen LogP contribution in [0.15, 0.2) is 6.20 Å². The van der Waals surface area contributed by atoms with E-state index in [0.717, 1.165) is 31.5 Å². The Kier molecular flexibility index (Phi) is 4.11. The second-order valence-corrected chi connectivity index (χ2v) is 5.42. The van der Waals surface area contributed by atoms with Crippen molar-refractivity contribution in [3.05, 3.63) is 17.5 Å². The highest BCUT2D eigenvalue weighted by atomic mass is 16.4. The molecule has 6 heteroatoms. The summed E-state index contributed by atoms with van der Waals surface area (Å²) in [4.78, 5) is 23.8. The van der Waals surface area contributed by atoms with Crippen molar-refractivity contribution in [1.29, 1.82) is 0 Å². The smallest absolute Gasteiger partial charge is 0.329 e. The molecule has 2 N–H and O–H groups in total. The molecule has 0 radical (unpaired) electrons. The van der Waals surface area contributed by atoms with E-state index >= 15 is 0 Å². The molecule has 2 rings (SSSR count). The second-order valence-electron chi connectivity index (χ2n) is 5.42. The van der Waals surface area contributed by atoms with Gasteiger partial charge in [0.2, 0.25) is 0 Å². The van der Waals surface area contributed by atoms with E-state index in [0.29, 0.717) is 18.4 Å². The van der Waals surface area contributed by atoms with E-state index in [9.17, 15) is 14.7 Å². The molecule has 1 aromatic heterocycles. The van der Waals surface area contributed by atoms with Gasteiger partial charge in [-0.25, -0.2) is 4.79 Å². The first-order valence-corrected chi connectivity index (χ1v) is 7.08. The van der Waals surface area contributed by atoms with Gasteiger partial charge in [-0.05, 0) is 26.2 Å². The number of carbonyl (C=O) groups is 2. The van der Waals surface area contributed by atoms with Crippen LogP contribution in [0.4, 0.5) is 0 Å². The van der Waals surface area contributed by atoms with Gasteiger partial charge in [0.15, 0.2) is 0 Å². The lowest BCUT2D eigenvalue weighted by Crippen LogP contribution is -2.52. The van der Waals surface area contributed by atoms with Crippen LogP contribution in [0.1, 0.15) is 55.1 Å². The summed E-state index contributed by atoms with van der Waals surface area (Å²) in [5.41, 5.74) is 0.144. The summed E-state index contributed by atoms with van der Waals surface area (Å²) in [7, 11) is 0. The maximum Gasteiger partial charge on any atom is 0.329 e. The first kappa shape index (κ1) is 14.6. The zero-order chi connectivity index (χ0) is 14.8. The molecule has 1 aromatic rings. The summed E-state index contributed by atoms with van der Waals surface area (Å²) in [5.74, 6) is -1.28. The number of aryl methyl sites for hydroxylation is 1. The molecule has 1 aliphatic carbocycles. The third-order valence-corrected chi connectivity index (χ3v) is 4.00. The summed E-state index contributed by atoms with van der Waals surface area (Å²) in [6.45, 7) is 4.63. The Labute approximate surface area is 118 Å². The van der Waals surface area contributed by atoms with E-state index in [2.05, 4.69) is 10.4 Å². The van der Waals surface area contributed by atoms with Gasteiger partial charge in [-0.3, -0.25) is 9.48 Å². The Morgan fingerprint density at radius 3 is 2.65 bits per heavy atom. The van der Waals surface area contributed by atoms with Crippen LogP contribution in [0.25, 0.3) is 0 Å². The van der Waals surface area contributed by atoms with Gasteiger partial charge < -0.3 is 10.4 Å². The minimum absolute atomic E-state index is 0.339. The monoisotopic (exact) mass is 279 g/mol. The second kappa shape index (κ2) is 5.64. The zero-order valence-corrected chi connectivity index (χ0v) is 12.0. The predicted molar refractivity (Wildman–Crippen MR) is 73.6 cm³/mol. The van der Waals surface area contributed by atoms with Gasteiger partial charge in [0, 0.05) is 12.2 Å². The van der Waals surface area contributed by atoms with Gasteiger partial charge >= 0.3 is 5.97 Å². The summed E-state index contributed by atoms with van der Waals surface area (Å²) in [6.07, 6.45) is 5.11. The van der Waals surface area contributed by atoms with Crippen molar-refractivity contribution in [1.82, 2.24) is 15.1 Å². The van der Waals surface area contributed by atoms with Crippen molar-refractivity contribution in [2.24, 2.45) is 0 Å². The van der Waals surface area contributed by atoms with Crippen LogP contribution < -0.4 is 5.32 Å². The molecule has 0 saturated heterocycles. The van der Waals surface area contributed by atoms with Crippen LogP contribution >= 0.6 is 0 Å². The Balaban J connectivity index is 2.17. The van der Waals surface area contributed by atoms with Crippen molar-refractivity contribution < 1.29 is 14.7 Å². The third kappa shape index (κ3) is 2.55. The molecule has 110 valence electrons. The Hall–Kier alpha value is -1.85. The SMILES string of the molecule is CCCn1ncc(C(=O)NC2(C(=O)O)CCCC2)c1C. The van der Waals surface area contributed by atoms with Gasteiger partial charge in [-0.1, -0.05) is 19.8 Å². The molecule has 6 nitrogen and oxygen atoms in total. The van der Waals surface area contributed by atoms with Crippen LogP contribution in [0.2, 0.25) is 0 Å². The number of nitrogens with one attached hydrogen (secondary N) is 1. The first-order chi connectivity index (χ1) is 9.50. The highest BCUT2D eigenvalue weighted by Crippen LogP contribution is 2.30. The fourth-order valence-electron chi connectivity index (χ4n) is 2.76. The predicted octanol–water partition coefficient (Wildman–Crippen LogP) is 1.73. The minimum atomic E-state index is -1.10. The van der Waals surface area contributed by atoms with Crippen molar-refractivity contribution in [2.75, 3.05) is 0 Å². The number of hydrogen-bond acceptors (Lipinski definition) is 3. The number of carboxylic acids is 1. The lowest BCUT2D eigenvalue weighted by molar-refractivity contribution is -0.144. The van der Waals surface area contributed by atoms with Crippen molar-refractivity contribution in [2.45, 2.75) is 58.0 Å². The molecular formula is C14H21N3O3. The van der Waals surface area contributed by atoms with Gasteiger partial charge in [0.25, 0.3) is 5.91 Å². The van der Waals surface area contributed by atoms with Crippen molar-refractivity contribution in [3.8, 4) is 0 Å². The summed E-state index contributed by atoms with van der Waals surface area (Å²) in [6, 6.07) is 0. The molecule has 20 heavy (non-hydrogen) atoms. The average Bonchev–Trinajstić information content (AvgIpc) is 2.99. The molecular weight excluding hydrogens is 258 g/mol. The van der Waals surface area contributed by atoms with Gasteiger partial charge in [-0.2, -0.15) is 5.10 Å². The first-order valence-electron chi connectivity index (χ1n) is 7.08. The fraction of sp³-hybridized carbons (Fsp3) is 0.643. The fourth-order valence-corrected chi connectivity index (χ4v) is 2.76. The van der Waals surface area contributed by atoms with E-state index in [4.69, 9.17) is 0 Å². The summed E-state index contributed by atoms with van der Waals surface area (Å²) >= 11 is 0.